The molecule has 0 bridgehead atoms. The number of benzene rings is 1. The Morgan fingerprint density at radius 1 is 1.40 bits per heavy atom. The average Bonchev–Trinajstić information content (AvgIpc) is 2.50. The molecule has 1 aromatic carbocycles. The van der Waals surface area contributed by atoms with E-state index in [9.17, 15) is 0 Å². The van der Waals surface area contributed by atoms with Crippen LogP contribution in [0.1, 0.15) is 6.42 Å². The molecule has 4 heteroatoms. The summed E-state index contributed by atoms with van der Waals surface area (Å²) in [5.74, 6) is 0. The maximum Gasteiger partial charge on any atom is 0.150 e. The van der Waals surface area contributed by atoms with Crippen molar-refractivity contribution < 1.29 is 0 Å². The zero-order valence-electron chi connectivity index (χ0n) is 9.06. The fourth-order valence-electron chi connectivity index (χ4n) is 2.24. The molecule has 0 spiro atoms. The Kier molecular flexibility index (Phi) is 3.15. The highest BCUT2D eigenvalue weighted by Crippen LogP contribution is 2.34. The lowest BCUT2D eigenvalue weighted by Crippen LogP contribution is -2.43. The standard InChI is InChI=1S/C11H15BrClNSi/c1-15(2)7-3-6-14(15)9-4-5-11(13)10(12)8-9/h4-5,8H,3,6-7H2,1-2H3. The molecular formula is C11H15BrClNSi. The summed E-state index contributed by atoms with van der Waals surface area (Å²) in [4.78, 5) is 0. The molecule has 0 atom stereocenters. The molecule has 2 rings (SSSR count). The lowest BCUT2D eigenvalue weighted by molar-refractivity contribution is 0.982. The van der Waals surface area contributed by atoms with Gasteiger partial charge in [-0.3, -0.25) is 0 Å². The summed E-state index contributed by atoms with van der Waals surface area (Å²) < 4.78 is 3.59. The largest absolute Gasteiger partial charge is 0.398 e. The minimum atomic E-state index is -1.18. The van der Waals surface area contributed by atoms with Gasteiger partial charge in [0.2, 0.25) is 0 Å². The lowest BCUT2D eigenvalue weighted by Gasteiger charge is -2.32. The molecule has 0 radical (unpaired) electrons. The van der Waals surface area contributed by atoms with Gasteiger partial charge >= 0.3 is 0 Å². The summed E-state index contributed by atoms with van der Waals surface area (Å²) in [6, 6.07) is 7.65. The van der Waals surface area contributed by atoms with Gasteiger partial charge in [0.05, 0.1) is 5.02 Å². The third kappa shape index (κ3) is 2.24. The molecule has 1 fully saturated rings. The molecule has 1 heterocycles. The number of rotatable bonds is 1. The van der Waals surface area contributed by atoms with Gasteiger partial charge in [-0.2, -0.15) is 0 Å². The molecule has 1 saturated heterocycles. The smallest absolute Gasteiger partial charge is 0.150 e. The first-order chi connectivity index (χ1) is 7.00. The predicted octanol–water partition coefficient (Wildman–Crippen LogP) is 4.52. The van der Waals surface area contributed by atoms with Crippen LogP contribution in [0.4, 0.5) is 5.69 Å². The second-order valence-electron chi connectivity index (χ2n) is 4.67. The van der Waals surface area contributed by atoms with Gasteiger partial charge in [0, 0.05) is 16.7 Å². The van der Waals surface area contributed by atoms with Crippen LogP contribution < -0.4 is 4.57 Å². The maximum absolute atomic E-state index is 6.00. The Labute approximate surface area is 106 Å². The second kappa shape index (κ2) is 4.11. The van der Waals surface area contributed by atoms with Crippen molar-refractivity contribution in [2.75, 3.05) is 11.1 Å². The Morgan fingerprint density at radius 3 is 2.67 bits per heavy atom. The van der Waals surface area contributed by atoms with Gasteiger partial charge in [-0.05, 0) is 46.6 Å². The van der Waals surface area contributed by atoms with Gasteiger partial charge in [0.1, 0.15) is 0 Å². The minimum Gasteiger partial charge on any atom is -0.398 e. The third-order valence-electron chi connectivity index (χ3n) is 3.12. The Bertz CT molecular complexity index is 381. The zero-order chi connectivity index (χ0) is 11.1. The summed E-state index contributed by atoms with van der Waals surface area (Å²) in [7, 11) is -1.18. The van der Waals surface area contributed by atoms with E-state index >= 15 is 0 Å². The number of hydrogen-bond donors (Lipinski definition) is 0. The third-order valence-corrected chi connectivity index (χ3v) is 7.85. The van der Waals surface area contributed by atoms with Crippen LogP contribution in [-0.2, 0) is 0 Å². The molecular weight excluding hydrogens is 290 g/mol. The van der Waals surface area contributed by atoms with E-state index in [-0.39, 0.29) is 0 Å². The fourth-order valence-corrected chi connectivity index (χ4v) is 5.62. The van der Waals surface area contributed by atoms with Crippen molar-refractivity contribution in [3.63, 3.8) is 0 Å². The van der Waals surface area contributed by atoms with Gasteiger partial charge in [0.25, 0.3) is 0 Å². The van der Waals surface area contributed by atoms with Crippen molar-refractivity contribution in [3.8, 4) is 0 Å². The number of hydrogen-bond acceptors (Lipinski definition) is 1. The average molecular weight is 305 g/mol. The van der Waals surface area contributed by atoms with Gasteiger partial charge in [-0.1, -0.05) is 24.7 Å². The van der Waals surface area contributed by atoms with E-state index in [1.807, 2.05) is 6.07 Å². The van der Waals surface area contributed by atoms with Crippen LogP contribution in [-0.4, -0.2) is 14.8 Å². The second-order valence-corrected chi connectivity index (χ2v) is 10.6. The molecule has 1 aromatic rings. The van der Waals surface area contributed by atoms with E-state index in [0.717, 1.165) is 9.50 Å². The van der Waals surface area contributed by atoms with E-state index in [2.05, 4.69) is 45.7 Å². The summed E-state index contributed by atoms with van der Waals surface area (Å²) >= 11 is 9.49. The fraction of sp³-hybridized carbons (Fsp3) is 0.455. The van der Waals surface area contributed by atoms with Crippen molar-refractivity contribution in [1.82, 2.24) is 0 Å². The maximum atomic E-state index is 6.00. The first kappa shape index (κ1) is 11.5. The predicted molar refractivity (Wildman–Crippen MR) is 73.4 cm³/mol. The zero-order valence-corrected chi connectivity index (χ0v) is 12.4. The molecule has 82 valence electrons. The van der Waals surface area contributed by atoms with Crippen molar-refractivity contribution in [2.45, 2.75) is 25.6 Å². The first-order valence-electron chi connectivity index (χ1n) is 5.23. The van der Waals surface area contributed by atoms with Crippen molar-refractivity contribution >= 4 is 41.5 Å². The molecule has 1 aliphatic rings. The summed E-state index contributed by atoms with van der Waals surface area (Å²) in [5.41, 5.74) is 1.32. The van der Waals surface area contributed by atoms with E-state index in [4.69, 9.17) is 11.6 Å². The van der Waals surface area contributed by atoms with Crippen LogP contribution in [0, 0.1) is 0 Å². The Morgan fingerprint density at radius 2 is 2.13 bits per heavy atom. The molecule has 0 amide bonds. The molecule has 15 heavy (non-hydrogen) atoms. The Hall–Kier alpha value is 0.00688. The van der Waals surface area contributed by atoms with Crippen LogP contribution in [0.2, 0.25) is 24.2 Å². The number of anilines is 1. The van der Waals surface area contributed by atoms with Gasteiger partial charge in [-0.25, -0.2) is 0 Å². The molecule has 1 aliphatic heterocycles. The molecule has 0 saturated carbocycles. The van der Waals surface area contributed by atoms with Gasteiger partial charge in [-0.15, -0.1) is 0 Å². The van der Waals surface area contributed by atoms with Crippen LogP contribution in [0.15, 0.2) is 22.7 Å². The van der Waals surface area contributed by atoms with Crippen molar-refractivity contribution in [2.24, 2.45) is 0 Å². The quantitative estimate of drug-likeness (QED) is 0.690. The highest BCUT2D eigenvalue weighted by atomic mass is 79.9. The van der Waals surface area contributed by atoms with Crippen molar-refractivity contribution in [1.29, 1.82) is 0 Å². The van der Waals surface area contributed by atoms with E-state index in [0.29, 0.717) is 0 Å². The van der Waals surface area contributed by atoms with Crippen LogP contribution in [0.25, 0.3) is 0 Å². The molecule has 0 unspecified atom stereocenters. The SMILES string of the molecule is C[Si]1(C)CCCN1c1ccc(Cl)c(Br)c1. The molecule has 1 nitrogen and oxygen atoms in total. The van der Waals surface area contributed by atoms with Crippen LogP contribution >= 0.6 is 27.5 Å². The summed E-state index contributed by atoms with van der Waals surface area (Å²) in [6.45, 7) is 6.07. The van der Waals surface area contributed by atoms with Crippen LogP contribution in [0.5, 0.6) is 0 Å². The topological polar surface area (TPSA) is 3.24 Å². The first-order valence-corrected chi connectivity index (χ1v) is 9.56. The normalized spacial score (nSPS) is 19.6. The number of halogens is 2. The molecule has 0 aromatic heterocycles. The summed E-state index contributed by atoms with van der Waals surface area (Å²) in [6.07, 6.45) is 1.33. The highest BCUT2D eigenvalue weighted by Gasteiger charge is 2.34. The molecule has 0 N–H and O–H groups in total. The molecule has 0 aliphatic carbocycles. The Balaban J connectivity index is 2.33. The number of nitrogens with zero attached hydrogens (tertiary/aromatic N) is 1. The highest BCUT2D eigenvalue weighted by molar-refractivity contribution is 9.10. The van der Waals surface area contributed by atoms with Crippen LogP contribution in [0.3, 0.4) is 0 Å². The van der Waals surface area contributed by atoms with E-state index < -0.39 is 8.24 Å². The lowest BCUT2D eigenvalue weighted by atomic mass is 10.3. The van der Waals surface area contributed by atoms with Gasteiger partial charge < -0.3 is 4.57 Å². The monoisotopic (exact) mass is 303 g/mol. The van der Waals surface area contributed by atoms with Crippen molar-refractivity contribution in [3.05, 3.63) is 27.7 Å². The van der Waals surface area contributed by atoms with Gasteiger partial charge in [0.15, 0.2) is 8.24 Å². The summed E-state index contributed by atoms with van der Waals surface area (Å²) in [5, 5.41) is 0.789. The van der Waals surface area contributed by atoms with E-state index in [1.165, 1.54) is 24.7 Å². The minimum absolute atomic E-state index is 0.789. The van der Waals surface area contributed by atoms with E-state index in [1.54, 1.807) is 0 Å².